The molecule has 3 aromatic rings. The Morgan fingerprint density at radius 3 is 2.58 bits per heavy atom. The fourth-order valence-electron chi connectivity index (χ4n) is 4.58. The lowest BCUT2D eigenvalue weighted by Gasteiger charge is -2.34. The molecule has 2 aliphatic heterocycles. The van der Waals surface area contributed by atoms with Crippen molar-refractivity contribution in [3.8, 4) is 0 Å². The average Bonchev–Trinajstić information content (AvgIpc) is 2.80. The highest BCUT2D eigenvalue weighted by Crippen LogP contribution is 2.36. The van der Waals surface area contributed by atoms with Crippen molar-refractivity contribution in [3.05, 3.63) is 64.2 Å². The molecule has 2 aliphatic rings. The molecule has 0 radical (unpaired) electrons. The van der Waals surface area contributed by atoms with Crippen molar-refractivity contribution in [2.45, 2.75) is 39.3 Å². The van der Waals surface area contributed by atoms with Gasteiger partial charge in [0.15, 0.2) is 5.17 Å². The van der Waals surface area contributed by atoms with E-state index in [4.69, 9.17) is 14.7 Å². The smallest absolute Gasteiger partial charge is 0.171 e. The summed E-state index contributed by atoms with van der Waals surface area (Å²) in [4.78, 5) is 15.2. The number of benzene rings is 2. The minimum absolute atomic E-state index is 0.829. The molecule has 0 unspecified atom stereocenters. The van der Waals surface area contributed by atoms with E-state index in [9.17, 15) is 0 Å². The van der Waals surface area contributed by atoms with Crippen molar-refractivity contribution in [2.75, 3.05) is 39.4 Å². The van der Waals surface area contributed by atoms with Crippen molar-refractivity contribution in [1.82, 2.24) is 14.8 Å². The number of hydrogen-bond donors (Lipinski definition) is 0. The van der Waals surface area contributed by atoms with Crippen LogP contribution in [0.1, 0.15) is 27.8 Å². The fraction of sp³-hybridized carbons (Fsp3) is 0.407. The molecule has 33 heavy (non-hydrogen) atoms. The van der Waals surface area contributed by atoms with Crippen molar-refractivity contribution >= 4 is 33.5 Å². The molecule has 1 saturated heterocycles. The number of rotatable bonds is 4. The third-order valence-corrected chi connectivity index (χ3v) is 7.59. The van der Waals surface area contributed by atoms with Crippen LogP contribution in [-0.4, -0.2) is 59.3 Å². The van der Waals surface area contributed by atoms with Crippen LogP contribution in [0.2, 0.25) is 0 Å². The molecular weight excluding hydrogens is 428 g/mol. The first kappa shape index (κ1) is 22.4. The van der Waals surface area contributed by atoms with Crippen molar-refractivity contribution in [2.24, 2.45) is 4.99 Å². The van der Waals surface area contributed by atoms with Gasteiger partial charge in [-0.1, -0.05) is 18.2 Å². The highest BCUT2D eigenvalue weighted by atomic mass is 32.2. The number of aryl methyl sites for hydroxylation is 4. The van der Waals surface area contributed by atoms with Gasteiger partial charge in [-0.15, -0.1) is 0 Å². The molecule has 0 saturated carbocycles. The number of thioether (sulfide) groups is 1. The molecule has 172 valence electrons. The van der Waals surface area contributed by atoms with Gasteiger partial charge in [0.2, 0.25) is 0 Å². The van der Waals surface area contributed by atoms with Crippen LogP contribution in [0.25, 0.3) is 10.9 Å². The highest BCUT2D eigenvalue weighted by molar-refractivity contribution is 8.13. The van der Waals surface area contributed by atoms with E-state index in [0.29, 0.717) is 0 Å². The van der Waals surface area contributed by atoms with E-state index >= 15 is 0 Å². The van der Waals surface area contributed by atoms with E-state index in [1.54, 1.807) is 11.8 Å². The van der Waals surface area contributed by atoms with Gasteiger partial charge >= 0.3 is 0 Å². The minimum atomic E-state index is 0.829. The third kappa shape index (κ3) is 4.93. The van der Waals surface area contributed by atoms with Crippen molar-refractivity contribution in [1.29, 1.82) is 0 Å². The summed E-state index contributed by atoms with van der Waals surface area (Å²) in [6.07, 6.45) is 0. The Balaban J connectivity index is 1.51. The second kappa shape index (κ2) is 9.45. The van der Waals surface area contributed by atoms with Gasteiger partial charge in [0, 0.05) is 43.7 Å². The first-order valence-corrected chi connectivity index (χ1v) is 12.6. The van der Waals surface area contributed by atoms with E-state index in [0.717, 1.165) is 67.3 Å². The first-order valence-electron chi connectivity index (χ1n) is 11.8. The number of pyridine rings is 1. The Kier molecular flexibility index (Phi) is 6.41. The number of nitrogens with zero attached hydrogens (tertiary/aromatic N) is 4. The van der Waals surface area contributed by atoms with Gasteiger partial charge in [-0.2, -0.15) is 0 Å². The first-order chi connectivity index (χ1) is 16.0. The largest absolute Gasteiger partial charge is 0.379 e. The molecule has 3 heterocycles. The van der Waals surface area contributed by atoms with Gasteiger partial charge in [0.05, 0.1) is 24.4 Å². The maximum Gasteiger partial charge on any atom is 0.171 e. The lowest BCUT2D eigenvalue weighted by atomic mass is 10.0. The zero-order chi connectivity index (χ0) is 22.9. The zero-order valence-corrected chi connectivity index (χ0v) is 20.8. The Bertz CT molecular complexity index is 1220. The third-order valence-electron chi connectivity index (χ3n) is 6.51. The Hall–Kier alpha value is -2.41. The molecule has 5 rings (SSSR count). The molecule has 2 aromatic carbocycles. The van der Waals surface area contributed by atoms with Crippen molar-refractivity contribution in [3.63, 3.8) is 0 Å². The average molecular weight is 461 g/mol. The molecule has 0 amide bonds. The Morgan fingerprint density at radius 2 is 1.76 bits per heavy atom. The Labute approximate surface area is 200 Å². The quantitative estimate of drug-likeness (QED) is 0.522. The second-order valence-corrected chi connectivity index (χ2v) is 10.2. The molecule has 1 fully saturated rings. The van der Waals surface area contributed by atoms with Crippen LogP contribution >= 0.6 is 11.8 Å². The molecule has 6 heteroatoms. The second-order valence-electron chi connectivity index (χ2n) is 9.26. The maximum atomic E-state index is 5.53. The lowest BCUT2D eigenvalue weighted by Crippen LogP contribution is -2.43. The predicted molar refractivity (Wildman–Crippen MR) is 138 cm³/mol. The normalized spacial score (nSPS) is 18.2. The summed E-state index contributed by atoms with van der Waals surface area (Å²) >= 11 is 1.71. The van der Waals surface area contributed by atoms with E-state index < -0.39 is 0 Å². The molecule has 0 N–H and O–H groups in total. The highest BCUT2D eigenvalue weighted by Gasteiger charge is 2.25. The topological polar surface area (TPSA) is 41.0 Å². The minimum Gasteiger partial charge on any atom is -0.379 e. The summed E-state index contributed by atoms with van der Waals surface area (Å²) in [7, 11) is 0. The van der Waals surface area contributed by atoms with Gasteiger partial charge < -0.3 is 9.64 Å². The molecule has 5 nitrogen and oxygen atoms in total. The summed E-state index contributed by atoms with van der Waals surface area (Å²) < 4.78 is 5.53. The number of morpholine rings is 1. The van der Waals surface area contributed by atoms with Gasteiger partial charge in [0.25, 0.3) is 0 Å². The summed E-state index contributed by atoms with van der Waals surface area (Å²) in [5, 5.41) is 3.38. The van der Waals surface area contributed by atoms with Crippen LogP contribution < -0.4 is 0 Å². The van der Waals surface area contributed by atoms with Crippen molar-refractivity contribution < 1.29 is 4.74 Å². The summed E-state index contributed by atoms with van der Waals surface area (Å²) in [6.45, 7) is 15.1. The number of ether oxygens (including phenoxy) is 1. The van der Waals surface area contributed by atoms with Gasteiger partial charge in [-0.3, -0.25) is 4.90 Å². The SMILES string of the molecule is Cc1ccc(C)c(N=C2Sc3nc4cc(C)cc(C)c4cc3CN2CCN2CCOCC2)c1. The number of fused-ring (bicyclic) bond motifs is 2. The van der Waals surface area contributed by atoms with E-state index in [1.807, 2.05) is 0 Å². The van der Waals surface area contributed by atoms with E-state index in [-0.39, 0.29) is 0 Å². The van der Waals surface area contributed by atoms with Crippen LogP contribution in [0.15, 0.2) is 46.4 Å². The van der Waals surface area contributed by atoms with Gasteiger partial charge in [0.1, 0.15) is 5.03 Å². The number of hydrogen-bond acceptors (Lipinski definition) is 5. The van der Waals surface area contributed by atoms with Gasteiger partial charge in [-0.25, -0.2) is 9.98 Å². The van der Waals surface area contributed by atoms with Gasteiger partial charge in [-0.05, 0) is 79.9 Å². The number of aliphatic imine (C=N–C) groups is 1. The molecule has 0 atom stereocenters. The molecular formula is C27H32N4OS. The van der Waals surface area contributed by atoms with E-state index in [2.05, 4.69) is 73.9 Å². The van der Waals surface area contributed by atoms with E-state index in [1.165, 1.54) is 33.2 Å². The van der Waals surface area contributed by atoms with Crippen LogP contribution in [0, 0.1) is 27.7 Å². The maximum absolute atomic E-state index is 5.53. The predicted octanol–water partition coefficient (Wildman–Crippen LogP) is 5.40. The standard InChI is InChI=1S/C27H32N4OS/c1-18-5-6-20(3)24(14-18)29-27-31(8-7-30-9-11-32-12-10-30)17-22-16-23-21(4)13-19(2)15-25(23)28-26(22)33-27/h5-6,13-16H,7-12,17H2,1-4H3. The monoisotopic (exact) mass is 460 g/mol. The van der Waals surface area contributed by atoms with Crippen LogP contribution in [0.4, 0.5) is 5.69 Å². The number of aromatic nitrogens is 1. The summed E-state index contributed by atoms with van der Waals surface area (Å²) in [5.41, 5.74) is 8.39. The van der Waals surface area contributed by atoms with Crippen LogP contribution in [-0.2, 0) is 11.3 Å². The molecule has 0 spiro atoms. The molecule has 0 bridgehead atoms. The number of amidine groups is 1. The van der Waals surface area contributed by atoms with Crippen LogP contribution in [0.3, 0.4) is 0 Å². The Morgan fingerprint density at radius 1 is 0.939 bits per heavy atom. The zero-order valence-electron chi connectivity index (χ0n) is 20.0. The summed E-state index contributed by atoms with van der Waals surface area (Å²) in [6, 6.07) is 13.3. The van der Waals surface area contributed by atoms with Crippen LogP contribution in [0.5, 0.6) is 0 Å². The molecule has 1 aromatic heterocycles. The lowest BCUT2D eigenvalue weighted by molar-refractivity contribution is 0.0358. The fourth-order valence-corrected chi connectivity index (χ4v) is 5.58. The summed E-state index contributed by atoms with van der Waals surface area (Å²) in [5.74, 6) is 0. The molecule has 0 aliphatic carbocycles.